The van der Waals surface area contributed by atoms with E-state index in [9.17, 15) is 0 Å². The first-order valence-corrected chi connectivity index (χ1v) is 21.9. The molecule has 0 saturated carbocycles. The highest BCUT2D eigenvalue weighted by Crippen LogP contribution is 2.50. The van der Waals surface area contributed by atoms with Crippen LogP contribution < -0.4 is 4.90 Å². The number of aromatic nitrogens is 1. The molecule has 290 valence electrons. The van der Waals surface area contributed by atoms with Crippen molar-refractivity contribution in [1.29, 1.82) is 0 Å². The van der Waals surface area contributed by atoms with Gasteiger partial charge in [-0.1, -0.05) is 140 Å². The molecule has 0 aliphatic heterocycles. The molecule has 62 heavy (non-hydrogen) atoms. The lowest BCUT2D eigenvalue weighted by molar-refractivity contribution is 0.670. The Labute approximate surface area is 361 Å². The second-order valence-electron chi connectivity index (χ2n) is 16.0. The van der Waals surface area contributed by atoms with Gasteiger partial charge in [-0.3, -0.25) is 0 Å². The molecule has 0 saturated heterocycles. The third-order valence-electron chi connectivity index (χ3n) is 12.6. The molecule has 13 rings (SSSR count). The highest BCUT2D eigenvalue weighted by molar-refractivity contribution is 7.26. The summed E-state index contributed by atoms with van der Waals surface area (Å²) in [5, 5.41) is 9.64. The number of thiophene rings is 1. The van der Waals surface area contributed by atoms with Crippen molar-refractivity contribution in [3.05, 3.63) is 218 Å². The van der Waals surface area contributed by atoms with E-state index in [0.29, 0.717) is 0 Å². The number of hydrogen-bond acceptors (Lipinski definition) is 3. The molecule has 0 unspecified atom stereocenters. The first-order valence-electron chi connectivity index (χ1n) is 21.1. The zero-order valence-electron chi connectivity index (χ0n) is 33.5. The number of furan rings is 1. The zero-order chi connectivity index (χ0) is 40.7. The van der Waals surface area contributed by atoms with E-state index in [1.807, 2.05) is 11.3 Å². The quantitative estimate of drug-likeness (QED) is 0.167. The Kier molecular flexibility index (Phi) is 7.78. The van der Waals surface area contributed by atoms with Crippen molar-refractivity contribution in [3.63, 3.8) is 0 Å². The summed E-state index contributed by atoms with van der Waals surface area (Å²) in [7, 11) is 0. The van der Waals surface area contributed by atoms with Crippen LogP contribution in [0, 0.1) is 0 Å². The Hall–Kier alpha value is -7.92. The zero-order valence-corrected chi connectivity index (χ0v) is 34.3. The molecular weight excluding hydrogens is 773 g/mol. The van der Waals surface area contributed by atoms with Gasteiger partial charge < -0.3 is 13.9 Å². The second kappa shape index (κ2) is 13.8. The summed E-state index contributed by atoms with van der Waals surface area (Å²) in [6.45, 7) is 0. The molecule has 0 atom stereocenters. The summed E-state index contributed by atoms with van der Waals surface area (Å²) >= 11 is 1.85. The second-order valence-corrected chi connectivity index (χ2v) is 17.1. The van der Waals surface area contributed by atoms with E-state index in [1.54, 1.807) is 0 Å². The molecule has 0 aliphatic rings. The van der Waals surface area contributed by atoms with Crippen molar-refractivity contribution in [2.75, 3.05) is 4.90 Å². The van der Waals surface area contributed by atoms with E-state index in [2.05, 4.69) is 228 Å². The molecule has 13 aromatic rings. The molecule has 0 radical (unpaired) electrons. The van der Waals surface area contributed by atoms with Crippen molar-refractivity contribution in [1.82, 2.24) is 4.57 Å². The lowest BCUT2D eigenvalue weighted by atomic mass is 9.98. The molecular formula is C58H36N2OS. The molecule has 0 spiro atoms. The van der Waals surface area contributed by atoms with Crippen LogP contribution in [-0.4, -0.2) is 4.57 Å². The molecule has 10 aromatic carbocycles. The first kappa shape index (κ1) is 34.9. The summed E-state index contributed by atoms with van der Waals surface area (Å²) in [4.78, 5) is 2.45. The van der Waals surface area contributed by atoms with Crippen LogP contribution >= 0.6 is 11.3 Å². The van der Waals surface area contributed by atoms with Gasteiger partial charge >= 0.3 is 0 Å². The van der Waals surface area contributed by atoms with Crippen LogP contribution in [0.1, 0.15) is 0 Å². The van der Waals surface area contributed by atoms with Crippen molar-refractivity contribution in [2.24, 2.45) is 0 Å². The standard InChI is InChI=1S/C58H36N2OS/c1-2-14-39-35-40(28-27-37(39)13-1)38-29-31-42(32-30-38)59(51-23-12-26-55-56(51)48-20-6-10-25-54(48)62-55)52-34-33-44(58-57(52)47-19-5-9-24-53(47)61-58)41-15-11-16-43(36-41)60-49-21-7-3-17-45(49)46-18-4-8-22-50(46)60/h1-36H. The minimum atomic E-state index is 0.862. The highest BCUT2D eigenvalue weighted by Gasteiger charge is 2.25. The summed E-state index contributed by atoms with van der Waals surface area (Å²) in [5.74, 6) is 0. The molecule has 0 fully saturated rings. The summed E-state index contributed by atoms with van der Waals surface area (Å²) in [6, 6.07) is 79.2. The minimum Gasteiger partial charge on any atom is -0.455 e. The van der Waals surface area contributed by atoms with E-state index < -0.39 is 0 Å². The summed E-state index contributed by atoms with van der Waals surface area (Å²) in [6.07, 6.45) is 0. The smallest absolute Gasteiger partial charge is 0.145 e. The normalized spacial score (nSPS) is 11.9. The lowest BCUT2D eigenvalue weighted by Gasteiger charge is -2.28. The monoisotopic (exact) mass is 808 g/mol. The van der Waals surface area contributed by atoms with Crippen LogP contribution in [-0.2, 0) is 0 Å². The van der Waals surface area contributed by atoms with Gasteiger partial charge in [0, 0.05) is 53.3 Å². The Morgan fingerprint density at radius 3 is 1.87 bits per heavy atom. The highest BCUT2D eigenvalue weighted by atomic mass is 32.1. The van der Waals surface area contributed by atoms with Gasteiger partial charge in [-0.15, -0.1) is 11.3 Å². The number of para-hydroxylation sites is 3. The van der Waals surface area contributed by atoms with E-state index in [4.69, 9.17) is 4.42 Å². The topological polar surface area (TPSA) is 21.3 Å². The maximum Gasteiger partial charge on any atom is 0.145 e. The van der Waals surface area contributed by atoms with Gasteiger partial charge in [-0.25, -0.2) is 0 Å². The van der Waals surface area contributed by atoms with Crippen LogP contribution in [0.2, 0.25) is 0 Å². The molecule has 3 nitrogen and oxygen atoms in total. The number of hydrogen-bond donors (Lipinski definition) is 0. The van der Waals surface area contributed by atoms with Gasteiger partial charge in [0.2, 0.25) is 0 Å². The Morgan fingerprint density at radius 2 is 1.05 bits per heavy atom. The maximum atomic E-state index is 7.00. The fraction of sp³-hybridized carbons (Fsp3) is 0. The van der Waals surface area contributed by atoms with Gasteiger partial charge in [-0.2, -0.15) is 0 Å². The van der Waals surface area contributed by atoms with Crippen LogP contribution in [0.25, 0.3) is 103 Å². The van der Waals surface area contributed by atoms with Gasteiger partial charge in [0.25, 0.3) is 0 Å². The fourth-order valence-electron chi connectivity index (χ4n) is 9.76. The molecule has 0 aliphatic carbocycles. The van der Waals surface area contributed by atoms with Gasteiger partial charge in [0.15, 0.2) is 0 Å². The SMILES string of the molecule is c1cc(-c2ccc(N(c3ccc(-c4ccc5ccccc5c4)cc3)c3cccc4sc5ccccc5c34)c3c2oc2ccccc23)cc(-n2c3ccccc3c3ccccc32)c1. The molecule has 3 heterocycles. The predicted octanol–water partition coefficient (Wildman–Crippen LogP) is 17.0. The third kappa shape index (κ3) is 5.37. The fourth-order valence-corrected chi connectivity index (χ4v) is 10.9. The van der Waals surface area contributed by atoms with Gasteiger partial charge in [0.05, 0.1) is 27.8 Å². The van der Waals surface area contributed by atoms with Crippen LogP contribution in [0.4, 0.5) is 17.1 Å². The van der Waals surface area contributed by atoms with Crippen LogP contribution in [0.5, 0.6) is 0 Å². The van der Waals surface area contributed by atoms with E-state index in [1.165, 1.54) is 63.9 Å². The van der Waals surface area contributed by atoms with E-state index in [-0.39, 0.29) is 0 Å². The summed E-state index contributed by atoms with van der Waals surface area (Å²) < 4.78 is 11.9. The minimum absolute atomic E-state index is 0.862. The van der Waals surface area contributed by atoms with Gasteiger partial charge in [0.1, 0.15) is 11.2 Å². The molecule has 4 heteroatoms. The molecule has 3 aromatic heterocycles. The van der Waals surface area contributed by atoms with E-state index >= 15 is 0 Å². The van der Waals surface area contributed by atoms with Crippen molar-refractivity contribution in [3.8, 4) is 27.9 Å². The third-order valence-corrected chi connectivity index (χ3v) is 13.7. The van der Waals surface area contributed by atoms with E-state index in [0.717, 1.165) is 55.8 Å². The molecule has 0 bridgehead atoms. The number of fused-ring (bicyclic) bond motifs is 10. The number of rotatable bonds is 6. The Bertz CT molecular complexity index is 3830. The largest absolute Gasteiger partial charge is 0.455 e. The number of nitrogens with zero attached hydrogens (tertiary/aromatic N) is 2. The van der Waals surface area contributed by atoms with Crippen LogP contribution in [0.15, 0.2) is 223 Å². The number of anilines is 3. The molecule has 0 amide bonds. The average Bonchev–Trinajstić information content (AvgIpc) is 4.02. The maximum absolute atomic E-state index is 7.00. The lowest BCUT2D eigenvalue weighted by Crippen LogP contribution is -2.11. The number of benzene rings is 10. The average molecular weight is 809 g/mol. The van der Waals surface area contributed by atoms with Gasteiger partial charge in [-0.05, 0) is 106 Å². The van der Waals surface area contributed by atoms with Crippen molar-refractivity contribution >= 4 is 103 Å². The van der Waals surface area contributed by atoms with Crippen LogP contribution in [0.3, 0.4) is 0 Å². The Morgan fingerprint density at radius 1 is 0.403 bits per heavy atom. The van der Waals surface area contributed by atoms with Crippen molar-refractivity contribution < 1.29 is 4.42 Å². The van der Waals surface area contributed by atoms with Crippen molar-refractivity contribution in [2.45, 2.75) is 0 Å². The first-order chi connectivity index (χ1) is 30.7. The summed E-state index contributed by atoms with van der Waals surface area (Å²) in [5.41, 5.74) is 13.0. The predicted molar refractivity (Wildman–Crippen MR) is 264 cm³/mol. The molecule has 0 N–H and O–H groups in total. The Balaban J connectivity index is 1.04.